The van der Waals surface area contributed by atoms with Gasteiger partial charge in [-0.15, -0.1) is 0 Å². The van der Waals surface area contributed by atoms with E-state index in [1.807, 2.05) is 27.7 Å². The second-order valence-electron chi connectivity index (χ2n) is 5.42. The molecule has 1 unspecified atom stereocenters. The van der Waals surface area contributed by atoms with Crippen LogP contribution in [-0.4, -0.2) is 23.4 Å². The molecular formula is C15H23N3O3. The van der Waals surface area contributed by atoms with E-state index in [4.69, 9.17) is 0 Å². The van der Waals surface area contributed by atoms with Crippen molar-refractivity contribution in [1.82, 2.24) is 5.32 Å². The molecule has 0 bridgehead atoms. The Balaban J connectivity index is 3.06. The molecule has 0 aliphatic rings. The highest BCUT2D eigenvalue weighted by atomic mass is 16.6. The SMILES string of the molecule is CCCNc1ccc([N+](=O)[O-])cc1C(=O)NC(C)C(C)C. The number of amides is 1. The van der Waals surface area contributed by atoms with E-state index >= 15 is 0 Å². The maximum atomic E-state index is 12.3. The van der Waals surface area contributed by atoms with Crippen molar-refractivity contribution in [3.8, 4) is 0 Å². The van der Waals surface area contributed by atoms with Crippen LogP contribution in [0.25, 0.3) is 0 Å². The van der Waals surface area contributed by atoms with Crippen LogP contribution >= 0.6 is 0 Å². The summed E-state index contributed by atoms with van der Waals surface area (Å²) < 4.78 is 0. The predicted octanol–water partition coefficient (Wildman–Crippen LogP) is 3.19. The highest BCUT2D eigenvalue weighted by Gasteiger charge is 2.19. The molecule has 1 aromatic carbocycles. The zero-order valence-corrected chi connectivity index (χ0v) is 13.0. The topological polar surface area (TPSA) is 84.3 Å². The Morgan fingerprint density at radius 2 is 2.00 bits per heavy atom. The molecule has 1 atom stereocenters. The molecule has 6 heteroatoms. The fourth-order valence-corrected chi connectivity index (χ4v) is 1.70. The Morgan fingerprint density at radius 3 is 2.52 bits per heavy atom. The van der Waals surface area contributed by atoms with E-state index in [-0.39, 0.29) is 17.6 Å². The van der Waals surface area contributed by atoms with Crippen molar-refractivity contribution in [2.24, 2.45) is 5.92 Å². The molecule has 0 heterocycles. The van der Waals surface area contributed by atoms with Crippen molar-refractivity contribution in [3.63, 3.8) is 0 Å². The number of carbonyl (C=O) groups is 1. The molecule has 0 aromatic heterocycles. The fraction of sp³-hybridized carbons (Fsp3) is 0.533. The summed E-state index contributed by atoms with van der Waals surface area (Å²) in [4.78, 5) is 22.7. The molecule has 0 spiro atoms. The first-order valence-corrected chi connectivity index (χ1v) is 7.20. The summed E-state index contributed by atoms with van der Waals surface area (Å²) >= 11 is 0. The minimum absolute atomic E-state index is 0.00390. The number of rotatable bonds is 7. The summed E-state index contributed by atoms with van der Waals surface area (Å²) in [6, 6.07) is 4.31. The van der Waals surface area contributed by atoms with Gasteiger partial charge in [0.25, 0.3) is 11.6 Å². The number of nitrogens with one attached hydrogen (secondary N) is 2. The molecule has 6 nitrogen and oxygen atoms in total. The third kappa shape index (κ3) is 4.73. The summed E-state index contributed by atoms with van der Waals surface area (Å²) in [6.45, 7) is 8.65. The Morgan fingerprint density at radius 1 is 1.33 bits per heavy atom. The van der Waals surface area contributed by atoms with Crippen LogP contribution in [0.15, 0.2) is 18.2 Å². The number of carbonyl (C=O) groups excluding carboxylic acids is 1. The summed E-state index contributed by atoms with van der Waals surface area (Å²) in [6.07, 6.45) is 0.903. The van der Waals surface area contributed by atoms with Gasteiger partial charge in [0.15, 0.2) is 0 Å². The Labute approximate surface area is 125 Å². The smallest absolute Gasteiger partial charge is 0.270 e. The van der Waals surface area contributed by atoms with Crippen LogP contribution in [0.1, 0.15) is 44.5 Å². The minimum atomic E-state index is -0.494. The van der Waals surface area contributed by atoms with Crippen LogP contribution in [0.3, 0.4) is 0 Å². The van der Waals surface area contributed by atoms with Crippen LogP contribution < -0.4 is 10.6 Å². The number of anilines is 1. The normalized spacial score (nSPS) is 12.0. The second-order valence-corrected chi connectivity index (χ2v) is 5.42. The van der Waals surface area contributed by atoms with Crippen LogP contribution in [0.4, 0.5) is 11.4 Å². The monoisotopic (exact) mass is 293 g/mol. The first kappa shape index (κ1) is 16.9. The number of nitro benzene ring substituents is 1. The van der Waals surface area contributed by atoms with E-state index in [9.17, 15) is 14.9 Å². The maximum absolute atomic E-state index is 12.3. The third-order valence-corrected chi connectivity index (χ3v) is 3.38. The Bertz CT molecular complexity index is 515. The second kappa shape index (κ2) is 7.61. The van der Waals surface area contributed by atoms with Gasteiger partial charge in [0.05, 0.1) is 10.5 Å². The van der Waals surface area contributed by atoms with Gasteiger partial charge >= 0.3 is 0 Å². The van der Waals surface area contributed by atoms with Gasteiger partial charge in [-0.05, 0) is 25.3 Å². The Hall–Kier alpha value is -2.11. The van der Waals surface area contributed by atoms with Gasteiger partial charge in [-0.2, -0.15) is 0 Å². The molecular weight excluding hydrogens is 270 g/mol. The van der Waals surface area contributed by atoms with Crippen molar-refractivity contribution in [1.29, 1.82) is 0 Å². The third-order valence-electron chi connectivity index (χ3n) is 3.38. The number of nitro groups is 1. The number of nitrogens with zero attached hydrogens (tertiary/aromatic N) is 1. The lowest BCUT2D eigenvalue weighted by atomic mass is 10.1. The number of hydrogen-bond acceptors (Lipinski definition) is 4. The predicted molar refractivity (Wildman–Crippen MR) is 83.6 cm³/mol. The van der Waals surface area contributed by atoms with Crippen LogP contribution in [0.5, 0.6) is 0 Å². The van der Waals surface area contributed by atoms with E-state index in [1.54, 1.807) is 6.07 Å². The molecule has 21 heavy (non-hydrogen) atoms. The van der Waals surface area contributed by atoms with E-state index in [0.29, 0.717) is 23.7 Å². The molecule has 1 aromatic rings. The highest BCUT2D eigenvalue weighted by Crippen LogP contribution is 2.22. The highest BCUT2D eigenvalue weighted by molar-refractivity contribution is 6.00. The van der Waals surface area contributed by atoms with Crippen molar-refractivity contribution in [2.45, 2.75) is 40.2 Å². The van der Waals surface area contributed by atoms with Gasteiger partial charge in [0.1, 0.15) is 0 Å². The summed E-state index contributed by atoms with van der Waals surface area (Å²) in [7, 11) is 0. The molecule has 0 saturated carbocycles. The van der Waals surface area contributed by atoms with Gasteiger partial charge < -0.3 is 10.6 Å². The van der Waals surface area contributed by atoms with Crippen molar-refractivity contribution < 1.29 is 9.72 Å². The lowest BCUT2D eigenvalue weighted by molar-refractivity contribution is -0.384. The zero-order chi connectivity index (χ0) is 16.0. The molecule has 1 amide bonds. The van der Waals surface area contributed by atoms with Crippen molar-refractivity contribution >= 4 is 17.3 Å². The molecule has 0 aliphatic carbocycles. The van der Waals surface area contributed by atoms with Gasteiger partial charge in [-0.1, -0.05) is 20.8 Å². The first-order chi connectivity index (χ1) is 9.86. The largest absolute Gasteiger partial charge is 0.384 e. The molecule has 0 aliphatic heterocycles. The zero-order valence-electron chi connectivity index (χ0n) is 13.0. The first-order valence-electron chi connectivity index (χ1n) is 7.20. The van der Waals surface area contributed by atoms with Crippen molar-refractivity contribution in [3.05, 3.63) is 33.9 Å². The number of hydrogen-bond donors (Lipinski definition) is 2. The standard InChI is InChI=1S/C15H23N3O3/c1-5-8-16-14-7-6-12(18(20)21)9-13(14)15(19)17-11(4)10(2)3/h6-7,9-11,16H,5,8H2,1-4H3,(H,17,19). The molecule has 0 saturated heterocycles. The van der Waals surface area contributed by atoms with Gasteiger partial charge in [-0.3, -0.25) is 14.9 Å². The average Bonchev–Trinajstić information content (AvgIpc) is 2.44. The lowest BCUT2D eigenvalue weighted by Crippen LogP contribution is -2.36. The maximum Gasteiger partial charge on any atom is 0.270 e. The summed E-state index contributed by atoms with van der Waals surface area (Å²) in [5.41, 5.74) is 0.848. The van der Waals surface area contributed by atoms with Gasteiger partial charge in [0, 0.05) is 30.4 Å². The van der Waals surface area contributed by atoms with Crippen molar-refractivity contribution in [2.75, 3.05) is 11.9 Å². The fourth-order valence-electron chi connectivity index (χ4n) is 1.70. The number of non-ortho nitro benzene ring substituents is 1. The Kier molecular flexibility index (Phi) is 6.14. The van der Waals surface area contributed by atoms with E-state index in [0.717, 1.165) is 6.42 Å². The minimum Gasteiger partial charge on any atom is -0.384 e. The average molecular weight is 293 g/mol. The van der Waals surface area contributed by atoms with Gasteiger partial charge in [0.2, 0.25) is 0 Å². The van der Waals surface area contributed by atoms with E-state index in [1.165, 1.54) is 12.1 Å². The quantitative estimate of drug-likeness (QED) is 0.597. The summed E-state index contributed by atoms with van der Waals surface area (Å²) in [5, 5.41) is 16.9. The van der Waals surface area contributed by atoms with Gasteiger partial charge in [-0.25, -0.2) is 0 Å². The lowest BCUT2D eigenvalue weighted by Gasteiger charge is -2.19. The molecule has 0 radical (unpaired) electrons. The molecule has 116 valence electrons. The molecule has 1 rings (SSSR count). The van der Waals surface area contributed by atoms with E-state index in [2.05, 4.69) is 10.6 Å². The molecule has 0 fully saturated rings. The van der Waals surface area contributed by atoms with E-state index < -0.39 is 4.92 Å². The number of benzene rings is 1. The van der Waals surface area contributed by atoms with Crippen LogP contribution in [0, 0.1) is 16.0 Å². The summed E-state index contributed by atoms with van der Waals surface area (Å²) in [5.74, 6) is -0.00166. The van der Waals surface area contributed by atoms with Crippen LogP contribution in [-0.2, 0) is 0 Å². The van der Waals surface area contributed by atoms with Crippen LogP contribution in [0.2, 0.25) is 0 Å². The molecule has 2 N–H and O–H groups in total.